The first-order valence-corrected chi connectivity index (χ1v) is 10.6. The number of aromatic nitrogens is 1. The summed E-state index contributed by atoms with van der Waals surface area (Å²) in [6.45, 7) is -3.18. The molecule has 1 amide bonds. The molecule has 0 bridgehead atoms. The number of aliphatic hydroxyl groups is 1. The van der Waals surface area contributed by atoms with Gasteiger partial charge in [0.1, 0.15) is 6.10 Å². The van der Waals surface area contributed by atoms with Crippen LogP contribution < -0.4 is 0 Å². The van der Waals surface area contributed by atoms with E-state index in [2.05, 4.69) is 10.1 Å². The van der Waals surface area contributed by atoms with Crippen LogP contribution in [0.1, 0.15) is 44.9 Å². The highest BCUT2D eigenvalue weighted by molar-refractivity contribution is 6.02. The van der Waals surface area contributed by atoms with Gasteiger partial charge in [0.15, 0.2) is 18.4 Å². The number of hydrazone groups is 1. The summed E-state index contributed by atoms with van der Waals surface area (Å²) in [5.74, 6) is -2.72. The van der Waals surface area contributed by atoms with E-state index in [1.165, 1.54) is 23.2 Å². The van der Waals surface area contributed by atoms with Crippen molar-refractivity contribution in [1.29, 1.82) is 0 Å². The molecule has 0 saturated carbocycles. The maximum Gasteiger partial charge on any atom is 0.332 e. The quantitative estimate of drug-likeness (QED) is 0.422. The van der Waals surface area contributed by atoms with Crippen molar-refractivity contribution < 1.29 is 32.2 Å². The van der Waals surface area contributed by atoms with Gasteiger partial charge in [0, 0.05) is 23.9 Å². The second kappa shape index (κ2) is 8.99. The van der Waals surface area contributed by atoms with Crippen LogP contribution >= 0.6 is 0 Å². The Hall–Kier alpha value is -3.99. The predicted octanol–water partition coefficient (Wildman–Crippen LogP) is 3.96. The number of halogens is 4. The summed E-state index contributed by atoms with van der Waals surface area (Å²) in [6, 6.07) is 11.7. The topological polar surface area (TPSA) is 78.3 Å². The van der Waals surface area contributed by atoms with E-state index in [4.69, 9.17) is 4.74 Å². The van der Waals surface area contributed by atoms with Gasteiger partial charge in [-0.15, -0.1) is 5.10 Å². The number of amides is 1. The molecule has 2 aliphatic rings. The number of nitrogens with zero attached hydrogens (tertiary/aromatic N) is 4. The standard InChI is InChI=1S/C24H18F4N4O3/c25-17-7-6-13(10-18(17)26)20(21(33)19-3-1-2-8-29-19)31-11-15-5-4-14(9-16(15)23(31)34)22-30-32(12-35-22)24(27)28/h1-10,20-21,24,33H,11-12H2/t20-,21+/m1/s1. The van der Waals surface area contributed by atoms with Gasteiger partial charge in [0.05, 0.1) is 11.7 Å². The zero-order valence-corrected chi connectivity index (χ0v) is 18.0. The van der Waals surface area contributed by atoms with Gasteiger partial charge in [0.2, 0.25) is 5.90 Å². The summed E-state index contributed by atoms with van der Waals surface area (Å²) in [7, 11) is 0. The Morgan fingerprint density at radius 2 is 1.86 bits per heavy atom. The number of pyridine rings is 1. The molecule has 0 saturated heterocycles. The molecular weight excluding hydrogens is 468 g/mol. The van der Waals surface area contributed by atoms with E-state index >= 15 is 0 Å². The van der Waals surface area contributed by atoms with Gasteiger partial charge < -0.3 is 14.7 Å². The van der Waals surface area contributed by atoms with Gasteiger partial charge in [-0.3, -0.25) is 9.78 Å². The number of alkyl halides is 2. The van der Waals surface area contributed by atoms with Crippen molar-refractivity contribution in [1.82, 2.24) is 14.9 Å². The van der Waals surface area contributed by atoms with E-state index in [1.807, 2.05) is 0 Å². The molecule has 2 aliphatic heterocycles. The number of hydrogen-bond acceptors (Lipinski definition) is 6. The minimum Gasteiger partial charge on any atom is -0.453 e. The third-order valence-corrected chi connectivity index (χ3v) is 5.88. The summed E-state index contributed by atoms with van der Waals surface area (Å²) in [5.41, 5.74) is 1.61. The molecule has 5 rings (SSSR count). The minimum absolute atomic E-state index is 0.0509. The maximum absolute atomic E-state index is 14.1. The summed E-state index contributed by atoms with van der Waals surface area (Å²) in [5, 5.41) is 15.4. The van der Waals surface area contributed by atoms with Gasteiger partial charge in [-0.05, 0) is 47.5 Å². The molecule has 0 radical (unpaired) electrons. The number of hydrogen-bond donors (Lipinski definition) is 1. The first-order chi connectivity index (χ1) is 16.8. The van der Waals surface area contributed by atoms with E-state index in [1.54, 1.807) is 30.3 Å². The molecule has 11 heteroatoms. The fraction of sp³-hybridized carbons (Fsp3) is 0.208. The number of aliphatic hydroxyl groups excluding tert-OH is 1. The van der Waals surface area contributed by atoms with Crippen molar-refractivity contribution in [3.63, 3.8) is 0 Å². The van der Waals surface area contributed by atoms with Crippen molar-refractivity contribution in [3.05, 3.63) is 100 Å². The van der Waals surface area contributed by atoms with Crippen molar-refractivity contribution in [2.75, 3.05) is 6.73 Å². The summed E-state index contributed by atoms with van der Waals surface area (Å²) < 4.78 is 58.7. The second-order valence-electron chi connectivity index (χ2n) is 8.02. The van der Waals surface area contributed by atoms with Crippen LogP contribution in [-0.2, 0) is 11.3 Å². The number of rotatable bonds is 6. The van der Waals surface area contributed by atoms with E-state index in [0.29, 0.717) is 16.1 Å². The molecule has 1 N–H and O–H groups in total. The molecule has 0 spiro atoms. The Morgan fingerprint density at radius 1 is 1.03 bits per heavy atom. The van der Waals surface area contributed by atoms with Crippen LogP contribution in [0.2, 0.25) is 0 Å². The minimum atomic E-state index is -2.83. The van der Waals surface area contributed by atoms with Crippen molar-refractivity contribution >= 4 is 11.8 Å². The molecule has 0 aliphatic carbocycles. The normalized spacial score (nSPS) is 16.9. The van der Waals surface area contributed by atoms with Gasteiger partial charge in [-0.1, -0.05) is 18.2 Å². The van der Waals surface area contributed by atoms with Crippen molar-refractivity contribution in [2.45, 2.75) is 25.2 Å². The van der Waals surface area contributed by atoms with Gasteiger partial charge >= 0.3 is 6.55 Å². The molecule has 35 heavy (non-hydrogen) atoms. The Morgan fingerprint density at radius 3 is 2.54 bits per heavy atom. The summed E-state index contributed by atoms with van der Waals surface area (Å²) in [4.78, 5) is 18.9. The maximum atomic E-state index is 14.1. The highest BCUT2D eigenvalue weighted by Gasteiger charge is 2.39. The number of fused-ring (bicyclic) bond motifs is 1. The van der Waals surface area contributed by atoms with E-state index in [0.717, 1.165) is 12.1 Å². The highest BCUT2D eigenvalue weighted by Crippen LogP contribution is 2.39. The average molecular weight is 486 g/mol. The smallest absolute Gasteiger partial charge is 0.332 e. The molecule has 7 nitrogen and oxygen atoms in total. The summed E-state index contributed by atoms with van der Waals surface area (Å²) in [6.07, 6.45) is 0.125. The third kappa shape index (κ3) is 4.18. The van der Waals surface area contributed by atoms with Gasteiger partial charge in [-0.25, -0.2) is 8.78 Å². The van der Waals surface area contributed by atoms with Crippen LogP contribution in [0.15, 0.2) is 65.9 Å². The monoisotopic (exact) mass is 486 g/mol. The molecule has 180 valence electrons. The molecule has 0 unspecified atom stereocenters. The SMILES string of the molecule is O=C1c2cc(C3=NN(C(F)F)CO3)ccc2CN1[C@H](c1ccc(F)c(F)c1)[C@@H](O)c1ccccn1. The lowest BCUT2D eigenvalue weighted by atomic mass is 9.96. The highest BCUT2D eigenvalue weighted by atomic mass is 19.3. The molecular formula is C24H18F4N4O3. The Balaban J connectivity index is 1.51. The number of carbonyl (C=O) groups is 1. The first kappa shape index (κ1) is 22.8. The third-order valence-electron chi connectivity index (χ3n) is 5.88. The van der Waals surface area contributed by atoms with Crippen LogP contribution in [0, 0.1) is 11.6 Å². The largest absolute Gasteiger partial charge is 0.453 e. The van der Waals surface area contributed by atoms with Crippen LogP contribution in [0.25, 0.3) is 0 Å². The van der Waals surface area contributed by atoms with Crippen LogP contribution in [0.3, 0.4) is 0 Å². The number of carbonyl (C=O) groups excluding carboxylic acids is 1. The van der Waals surface area contributed by atoms with Gasteiger partial charge in [0.25, 0.3) is 5.91 Å². The molecule has 3 heterocycles. The van der Waals surface area contributed by atoms with E-state index in [-0.39, 0.29) is 29.3 Å². The Bertz CT molecular complexity index is 1310. The average Bonchev–Trinajstić information content (AvgIpc) is 3.48. The fourth-order valence-electron chi connectivity index (χ4n) is 4.17. The zero-order chi connectivity index (χ0) is 24.7. The molecule has 0 fully saturated rings. The van der Waals surface area contributed by atoms with Gasteiger partial charge in [-0.2, -0.15) is 13.8 Å². The first-order valence-electron chi connectivity index (χ1n) is 10.6. The van der Waals surface area contributed by atoms with Crippen LogP contribution in [0.4, 0.5) is 17.6 Å². The Labute approximate surface area is 196 Å². The molecule has 2 aromatic carbocycles. The van der Waals surface area contributed by atoms with E-state index in [9.17, 15) is 27.5 Å². The fourth-order valence-corrected chi connectivity index (χ4v) is 4.17. The van der Waals surface area contributed by atoms with Crippen LogP contribution in [0.5, 0.6) is 0 Å². The lowest BCUT2D eigenvalue weighted by Gasteiger charge is -2.32. The molecule has 2 atom stereocenters. The summed E-state index contributed by atoms with van der Waals surface area (Å²) >= 11 is 0. The Kier molecular flexibility index (Phi) is 5.85. The van der Waals surface area contributed by atoms with Crippen LogP contribution in [-0.4, -0.2) is 45.1 Å². The molecule has 1 aromatic heterocycles. The number of benzene rings is 2. The zero-order valence-electron chi connectivity index (χ0n) is 18.0. The van der Waals surface area contributed by atoms with Crippen molar-refractivity contribution in [3.8, 4) is 0 Å². The molecule has 3 aromatic rings. The predicted molar refractivity (Wildman–Crippen MR) is 115 cm³/mol. The second-order valence-corrected chi connectivity index (χ2v) is 8.02. The van der Waals surface area contributed by atoms with Crippen molar-refractivity contribution in [2.24, 2.45) is 5.10 Å². The number of ether oxygens (including phenoxy) is 1. The lowest BCUT2D eigenvalue weighted by Crippen LogP contribution is -2.33. The lowest BCUT2D eigenvalue weighted by molar-refractivity contribution is -0.0470. The van der Waals surface area contributed by atoms with E-state index < -0.39 is 43.0 Å².